The summed E-state index contributed by atoms with van der Waals surface area (Å²) in [6.45, 7) is 0.282. The van der Waals surface area contributed by atoms with E-state index in [1.54, 1.807) is 24.1 Å². The zero-order valence-corrected chi connectivity index (χ0v) is 14.9. The van der Waals surface area contributed by atoms with Crippen LogP contribution in [0.3, 0.4) is 0 Å². The molecule has 1 amide bonds. The maximum absolute atomic E-state index is 12.5. The number of carbonyl (C=O) groups excluding carboxylic acids is 1. The lowest BCUT2D eigenvalue weighted by atomic mass is 10.2. The third-order valence-electron chi connectivity index (χ3n) is 4.24. The number of aromatic nitrogens is 3. The molecule has 0 aliphatic rings. The number of hydrogen-bond donors (Lipinski definition) is 0. The minimum Gasteiger partial charge on any atom is -0.298 e. The van der Waals surface area contributed by atoms with Crippen LogP contribution in [-0.4, -0.2) is 27.5 Å². The molecule has 0 spiro atoms. The summed E-state index contributed by atoms with van der Waals surface area (Å²) in [7, 11) is 1.71. The average molecular weight is 364 g/mol. The Morgan fingerprint density at radius 2 is 1.85 bits per heavy atom. The summed E-state index contributed by atoms with van der Waals surface area (Å²) in [5.74, 6) is -0.0934. The summed E-state index contributed by atoms with van der Waals surface area (Å²) in [6, 6.07) is 15.0. The number of hydrogen-bond acceptors (Lipinski definition) is 5. The van der Waals surface area contributed by atoms with Crippen LogP contribution in [0.4, 0.5) is 5.13 Å². The van der Waals surface area contributed by atoms with Gasteiger partial charge in [-0.25, -0.2) is 9.97 Å². The first-order valence-electron chi connectivity index (χ1n) is 8.20. The van der Waals surface area contributed by atoms with E-state index < -0.39 is 0 Å². The fourth-order valence-corrected chi connectivity index (χ4v) is 3.70. The summed E-state index contributed by atoms with van der Waals surface area (Å²) in [4.78, 5) is 35.3. The summed E-state index contributed by atoms with van der Waals surface area (Å²) < 4.78 is 2.52. The van der Waals surface area contributed by atoms with Gasteiger partial charge in [-0.05, 0) is 24.3 Å². The van der Waals surface area contributed by atoms with Gasteiger partial charge in [0.2, 0.25) is 5.91 Å². The van der Waals surface area contributed by atoms with Crippen LogP contribution in [-0.2, 0) is 11.3 Å². The van der Waals surface area contributed by atoms with Crippen molar-refractivity contribution in [3.05, 3.63) is 65.2 Å². The van der Waals surface area contributed by atoms with Gasteiger partial charge in [0.1, 0.15) is 0 Å². The lowest BCUT2D eigenvalue weighted by Crippen LogP contribution is -2.29. The Bertz CT molecular complexity index is 1130. The van der Waals surface area contributed by atoms with Crippen molar-refractivity contribution in [3.63, 3.8) is 0 Å². The second-order valence-corrected chi connectivity index (χ2v) is 6.94. The van der Waals surface area contributed by atoms with E-state index in [2.05, 4.69) is 9.97 Å². The minimum absolute atomic E-state index is 0.0934. The molecule has 7 heteroatoms. The number of amides is 1. The molecule has 4 rings (SSSR count). The van der Waals surface area contributed by atoms with Gasteiger partial charge in [-0.15, -0.1) is 0 Å². The predicted octanol–water partition coefficient (Wildman–Crippen LogP) is 3.06. The number of aryl methyl sites for hydroxylation is 1. The smallest absolute Gasteiger partial charge is 0.261 e. The Balaban J connectivity index is 1.51. The van der Waals surface area contributed by atoms with Gasteiger partial charge < -0.3 is 0 Å². The van der Waals surface area contributed by atoms with Gasteiger partial charge in [0.05, 0.1) is 27.4 Å². The molecule has 26 heavy (non-hydrogen) atoms. The molecule has 0 radical (unpaired) electrons. The van der Waals surface area contributed by atoms with E-state index in [0.717, 1.165) is 10.2 Å². The maximum Gasteiger partial charge on any atom is 0.261 e. The molecule has 130 valence electrons. The topological polar surface area (TPSA) is 68.1 Å². The molecule has 0 aliphatic heterocycles. The Labute approximate surface area is 153 Å². The molecule has 0 unspecified atom stereocenters. The Kier molecular flexibility index (Phi) is 4.22. The Morgan fingerprint density at radius 3 is 2.65 bits per heavy atom. The van der Waals surface area contributed by atoms with Gasteiger partial charge in [-0.2, -0.15) is 0 Å². The van der Waals surface area contributed by atoms with Gasteiger partial charge in [0.25, 0.3) is 5.56 Å². The molecule has 6 nitrogen and oxygen atoms in total. The third-order valence-corrected chi connectivity index (χ3v) is 5.35. The molecule has 0 saturated carbocycles. The standard InChI is InChI=1S/C19H16N4O2S/c1-22(19-21-15-8-4-5-9-16(15)26-19)17(24)10-11-23-12-20-14-7-3-2-6-13(14)18(23)25/h2-9,12H,10-11H2,1H3. The highest BCUT2D eigenvalue weighted by Gasteiger charge is 2.15. The van der Waals surface area contributed by atoms with Crippen LogP contribution in [0, 0.1) is 0 Å². The van der Waals surface area contributed by atoms with E-state index in [1.807, 2.05) is 36.4 Å². The lowest BCUT2D eigenvalue weighted by Gasteiger charge is -2.14. The first kappa shape index (κ1) is 16.4. The Hall–Kier alpha value is -3.06. The number of nitrogens with zero attached hydrogens (tertiary/aromatic N) is 4. The number of anilines is 1. The van der Waals surface area contributed by atoms with E-state index in [4.69, 9.17) is 0 Å². The number of fused-ring (bicyclic) bond motifs is 2. The van der Waals surface area contributed by atoms with Crippen molar-refractivity contribution in [2.45, 2.75) is 13.0 Å². The zero-order valence-electron chi connectivity index (χ0n) is 14.1. The number of benzene rings is 2. The summed E-state index contributed by atoms with van der Waals surface area (Å²) in [6.07, 6.45) is 1.70. The van der Waals surface area contributed by atoms with Crippen molar-refractivity contribution in [2.75, 3.05) is 11.9 Å². The molecule has 0 atom stereocenters. The molecule has 0 N–H and O–H groups in total. The molecule has 0 saturated heterocycles. The normalized spacial score (nSPS) is 11.1. The quantitative estimate of drug-likeness (QED) is 0.558. The van der Waals surface area contributed by atoms with Crippen molar-refractivity contribution < 1.29 is 4.79 Å². The van der Waals surface area contributed by atoms with E-state index in [1.165, 1.54) is 22.2 Å². The van der Waals surface area contributed by atoms with Crippen LogP contribution < -0.4 is 10.5 Å². The van der Waals surface area contributed by atoms with Crippen molar-refractivity contribution in [1.29, 1.82) is 0 Å². The minimum atomic E-state index is -0.133. The molecule has 2 aromatic heterocycles. The summed E-state index contributed by atoms with van der Waals surface area (Å²) in [5.41, 5.74) is 1.40. The molecule has 2 aromatic carbocycles. The van der Waals surface area contributed by atoms with Crippen molar-refractivity contribution >= 4 is 43.5 Å². The van der Waals surface area contributed by atoms with Crippen molar-refractivity contribution in [2.24, 2.45) is 0 Å². The third kappa shape index (κ3) is 2.97. The highest BCUT2D eigenvalue weighted by Crippen LogP contribution is 2.28. The van der Waals surface area contributed by atoms with Gasteiger partial charge in [0, 0.05) is 20.0 Å². The van der Waals surface area contributed by atoms with Crippen LogP contribution in [0.25, 0.3) is 21.1 Å². The first-order valence-corrected chi connectivity index (χ1v) is 9.01. The summed E-state index contributed by atoms with van der Waals surface area (Å²) >= 11 is 1.47. The number of thiazole rings is 1. The van der Waals surface area contributed by atoms with Crippen molar-refractivity contribution in [1.82, 2.24) is 14.5 Å². The Morgan fingerprint density at radius 1 is 1.12 bits per heavy atom. The SMILES string of the molecule is CN(C(=O)CCn1cnc2ccccc2c1=O)c1nc2ccccc2s1. The van der Waals surface area contributed by atoms with Crippen LogP contribution in [0.5, 0.6) is 0 Å². The maximum atomic E-state index is 12.5. The molecular weight excluding hydrogens is 348 g/mol. The highest BCUT2D eigenvalue weighted by molar-refractivity contribution is 7.22. The monoisotopic (exact) mass is 364 g/mol. The predicted molar refractivity (Wildman–Crippen MR) is 104 cm³/mol. The average Bonchev–Trinajstić information content (AvgIpc) is 3.11. The van der Waals surface area contributed by atoms with Crippen LogP contribution in [0.2, 0.25) is 0 Å². The first-order chi connectivity index (χ1) is 12.6. The molecule has 0 aliphatic carbocycles. The van der Waals surface area contributed by atoms with E-state index in [9.17, 15) is 9.59 Å². The number of rotatable bonds is 4. The van der Waals surface area contributed by atoms with Gasteiger partial charge in [-0.3, -0.25) is 19.1 Å². The molecule has 0 bridgehead atoms. The molecule has 4 aromatic rings. The van der Waals surface area contributed by atoms with Gasteiger partial charge >= 0.3 is 0 Å². The fraction of sp³-hybridized carbons (Fsp3) is 0.158. The zero-order chi connectivity index (χ0) is 18.1. The molecule has 2 heterocycles. The van der Waals surface area contributed by atoms with E-state index in [0.29, 0.717) is 16.0 Å². The number of para-hydroxylation sites is 2. The molecular formula is C19H16N4O2S. The summed E-state index contributed by atoms with van der Waals surface area (Å²) in [5, 5.41) is 1.21. The lowest BCUT2D eigenvalue weighted by molar-refractivity contribution is -0.118. The van der Waals surface area contributed by atoms with Gasteiger partial charge in [0.15, 0.2) is 5.13 Å². The van der Waals surface area contributed by atoms with Crippen LogP contribution in [0.1, 0.15) is 6.42 Å². The molecule has 0 fully saturated rings. The number of carbonyl (C=O) groups is 1. The van der Waals surface area contributed by atoms with E-state index >= 15 is 0 Å². The van der Waals surface area contributed by atoms with E-state index in [-0.39, 0.29) is 24.4 Å². The van der Waals surface area contributed by atoms with Crippen LogP contribution in [0.15, 0.2) is 59.7 Å². The van der Waals surface area contributed by atoms with Gasteiger partial charge in [-0.1, -0.05) is 35.6 Å². The second kappa shape index (κ2) is 6.68. The second-order valence-electron chi connectivity index (χ2n) is 5.93. The largest absolute Gasteiger partial charge is 0.298 e. The van der Waals surface area contributed by atoms with Crippen molar-refractivity contribution in [3.8, 4) is 0 Å². The highest BCUT2D eigenvalue weighted by atomic mass is 32.1. The fourth-order valence-electron chi connectivity index (χ4n) is 2.76. The van der Waals surface area contributed by atoms with Crippen LogP contribution >= 0.6 is 11.3 Å².